The topological polar surface area (TPSA) is 57.7 Å². The molecular formula is C26H28F3NO4S. The monoisotopic (exact) mass is 507 g/mol. The van der Waals surface area contributed by atoms with Crippen molar-refractivity contribution in [1.82, 2.24) is 4.98 Å². The molecule has 2 aromatic carbocycles. The van der Waals surface area contributed by atoms with Gasteiger partial charge >= 0.3 is 12.1 Å². The predicted molar refractivity (Wildman–Crippen MR) is 129 cm³/mol. The number of hydrogen-bond acceptors (Lipinski definition) is 6. The second kappa shape index (κ2) is 11.7. The fourth-order valence-electron chi connectivity index (χ4n) is 3.50. The van der Waals surface area contributed by atoms with E-state index in [0.717, 1.165) is 28.1 Å². The highest BCUT2D eigenvalue weighted by atomic mass is 32.1. The fraction of sp³-hybridized carbons (Fsp3) is 0.385. The average Bonchev–Trinajstić information content (AvgIpc) is 3.19. The Balaban J connectivity index is 1.69. The molecular weight excluding hydrogens is 479 g/mol. The molecule has 0 saturated heterocycles. The third kappa shape index (κ3) is 7.05. The van der Waals surface area contributed by atoms with E-state index < -0.39 is 17.8 Å². The summed E-state index contributed by atoms with van der Waals surface area (Å²) < 4.78 is 55.8. The highest BCUT2D eigenvalue weighted by molar-refractivity contribution is 7.15. The van der Waals surface area contributed by atoms with Crippen LogP contribution < -0.4 is 4.74 Å². The van der Waals surface area contributed by atoms with Crippen molar-refractivity contribution in [1.29, 1.82) is 0 Å². The molecule has 0 bridgehead atoms. The number of rotatable bonds is 10. The van der Waals surface area contributed by atoms with Gasteiger partial charge in [0.05, 0.1) is 22.7 Å². The van der Waals surface area contributed by atoms with Crippen molar-refractivity contribution in [3.63, 3.8) is 0 Å². The van der Waals surface area contributed by atoms with Gasteiger partial charge in [0.25, 0.3) is 0 Å². The van der Waals surface area contributed by atoms with Gasteiger partial charge in [0.1, 0.15) is 17.4 Å². The second-order valence-electron chi connectivity index (χ2n) is 7.88. The second-order valence-corrected chi connectivity index (χ2v) is 8.97. The van der Waals surface area contributed by atoms with Crippen molar-refractivity contribution < 1.29 is 32.2 Å². The Hall–Kier alpha value is -2.91. The van der Waals surface area contributed by atoms with Crippen molar-refractivity contribution in [2.75, 3.05) is 13.2 Å². The van der Waals surface area contributed by atoms with Crippen LogP contribution in [-0.4, -0.2) is 30.3 Å². The number of aryl methyl sites for hydroxylation is 2. The summed E-state index contributed by atoms with van der Waals surface area (Å²) in [5, 5.41) is 0.514. The molecule has 188 valence electrons. The van der Waals surface area contributed by atoms with Crippen molar-refractivity contribution in [3.05, 3.63) is 69.7 Å². The van der Waals surface area contributed by atoms with Crippen LogP contribution in [0.25, 0.3) is 10.6 Å². The molecule has 1 unspecified atom stereocenters. The van der Waals surface area contributed by atoms with Gasteiger partial charge in [0, 0.05) is 18.6 Å². The van der Waals surface area contributed by atoms with Gasteiger partial charge in [-0.2, -0.15) is 13.2 Å². The number of ether oxygens (including phenoxy) is 3. The van der Waals surface area contributed by atoms with Crippen LogP contribution in [0.3, 0.4) is 0 Å². The average molecular weight is 508 g/mol. The Kier molecular flexibility index (Phi) is 8.91. The molecule has 35 heavy (non-hydrogen) atoms. The van der Waals surface area contributed by atoms with Crippen LogP contribution >= 0.6 is 11.3 Å². The number of alkyl halides is 3. The molecule has 5 nitrogen and oxygen atoms in total. The van der Waals surface area contributed by atoms with E-state index >= 15 is 0 Å². The minimum absolute atomic E-state index is 0.242. The minimum Gasteiger partial charge on any atom is -0.488 e. The summed E-state index contributed by atoms with van der Waals surface area (Å²) in [6.45, 7) is 8.26. The first-order valence-corrected chi connectivity index (χ1v) is 12.1. The first kappa shape index (κ1) is 26.7. The van der Waals surface area contributed by atoms with E-state index in [1.165, 1.54) is 17.4 Å². The summed E-state index contributed by atoms with van der Waals surface area (Å²) in [7, 11) is 0. The Labute approximate surface area is 206 Å². The largest absolute Gasteiger partial charge is 0.488 e. The van der Waals surface area contributed by atoms with Crippen LogP contribution in [0.4, 0.5) is 13.2 Å². The maximum Gasteiger partial charge on any atom is 0.416 e. The third-order valence-corrected chi connectivity index (χ3v) is 6.52. The number of esters is 1. The molecule has 0 radical (unpaired) electrons. The zero-order valence-electron chi connectivity index (χ0n) is 20.1. The van der Waals surface area contributed by atoms with Crippen molar-refractivity contribution in [2.45, 2.75) is 53.0 Å². The zero-order chi connectivity index (χ0) is 25.6. The first-order chi connectivity index (χ1) is 16.6. The van der Waals surface area contributed by atoms with Crippen LogP contribution in [-0.2, 0) is 33.5 Å². The van der Waals surface area contributed by atoms with E-state index in [0.29, 0.717) is 41.6 Å². The summed E-state index contributed by atoms with van der Waals surface area (Å²) in [6, 6.07) is 10.7. The zero-order valence-corrected chi connectivity index (χ0v) is 20.9. The van der Waals surface area contributed by atoms with Crippen molar-refractivity contribution in [3.8, 4) is 16.3 Å². The Morgan fingerprint density at radius 2 is 1.86 bits per heavy atom. The molecule has 1 heterocycles. The molecule has 9 heteroatoms. The Morgan fingerprint density at radius 1 is 1.09 bits per heavy atom. The SMILES string of the molecule is CCOC(=O)C(Cc1ccc(OCc2sc(-c3cccc(C(F)(F)F)c3)nc2C)cc1C)OCC. The molecule has 0 aliphatic rings. The van der Waals surface area contributed by atoms with E-state index in [2.05, 4.69) is 4.98 Å². The van der Waals surface area contributed by atoms with Gasteiger partial charge in [0.15, 0.2) is 6.10 Å². The summed E-state index contributed by atoms with van der Waals surface area (Å²) in [6.07, 6.45) is -4.68. The summed E-state index contributed by atoms with van der Waals surface area (Å²) in [5.74, 6) is 0.259. The van der Waals surface area contributed by atoms with E-state index in [1.807, 2.05) is 39.0 Å². The number of hydrogen-bond donors (Lipinski definition) is 0. The smallest absolute Gasteiger partial charge is 0.416 e. The number of thiazole rings is 1. The summed E-state index contributed by atoms with van der Waals surface area (Å²) in [5.41, 5.74) is 2.33. The quantitative estimate of drug-likeness (QED) is 0.292. The number of benzene rings is 2. The number of aromatic nitrogens is 1. The highest BCUT2D eigenvalue weighted by Crippen LogP contribution is 2.34. The normalized spacial score (nSPS) is 12.4. The van der Waals surface area contributed by atoms with Gasteiger partial charge in [-0.3, -0.25) is 0 Å². The molecule has 3 aromatic rings. The van der Waals surface area contributed by atoms with Crippen molar-refractivity contribution in [2.24, 2.45) is 0 Å². The standard InChI is InChI=1S/C26H28F3NO4S/c1-5-32-22(25(31)33-6-2)14-18-10-11-21(12-16(18)3)34-15-23-17(4)30-24(35-23)19-8-7-9-20(13-19)26(27,28)29/h7-13,22H,5-6,14-15H2,1-4H3. The van der Waals surface area contributed by atoms with E-state index in [4.69, 9.17) is 14.2 Å². The lowest BCUT2D eigenvalue weighted by molar-refractivity contribution is -0.156. The maximum atomic E-state index is 13.1. The van der Waals surface area contributed by atoms with E-state index in [1.54, 1.807) is 13.0 Å². The maximum absolute atomic E-state index is 13.1. The van der Waals surface area contributed by atoms with Gasteiger partial charge in [-0.15, -0.1) is 11.3 Å². The molecule has 0 aliphatic heterocycles. The number of halogens is 3. The van der Waals surface area contributed by atoms with Crippen LogP contribution in [0.2, 0.25) is 0 Å². The molecule has 1 atom stereocenters. The van der Waals surface area contributed by atoms with Gasteiger partial charge in [-0.1, -0.05) is 18.2 Å². The first-order valence-electron chi connectivity index (χ1n) is 11.3. The lowest BCUT2D eigenvalue weighted by Crippen LogP contribution is -2.29. The fourth-order valence-corrected chi connectivity index (χ4v) is 4.47. The van der Waals surface area contributed by atoms with Crippen LogP contribution in [0.5, 0.6) is 5.75 Å². The van der Waals surface area contributed by atoms with Crippen LogP contribution in [0.15, 0.2) is 42.5 Å². The Morgan fingerprint density at radius 3 is 2.51 bits per heavy atom. The minimum atomic E-state index is -4.41. The summed E-state index contributed by atoms with van der Waals surface area (Å²) >= 11 is 1.31. The van der Waals surface area contributed by atoms with Gasteiger partial charge in [-0.05, 0) is 63.1 Å². The molecule has 0 spiro atoms. The van der Waals surface area contributed by atoms with Gasteiger partial charge in [0.2, 0.25) is 0 Å². The lowest BCUT2D eigenvalue weighted by atomic mass is 10.0. The summed E-state index contributed by atoms with van der Waals surface area (Å²) in [4.78, 5) is 17.4. The third-order valence-electron chi connectivity index (χ3n) is 5.34. The molecule has 0 fully saturated rings. The predicted octanol–water partition coefficient (Wildman–Crippen LogP) is 6.54. The van der Waals surface area contributed by atoms with Gasteiger partial charge < -0.3 is 14.2 Å². The molecule has 0 amide bonds. The van der Waals surface area contributed by atoms with E-state index in [9.17, 15) is 18.0 Å². The van der Waals surface area contributed by atoms with Crippen LogP contribution in [0, 0.1) is 13.8 Å². The molecule has 3 rings (SSSR count). The Bertz CT molecular complexity index is 1160. The molecule has 0 aliphatic carbocycles. The lowest BCUT2D eigenvalue weighted by Gasteiger charge is -2.17. The van der Waals surface area contributed by atoms with Crippen LogP contribution in [0.1, 0.15) is 41.1 Å². The molecule has 1 aromatic heterocycles. The number of carbonyl (C=O) groups is 1. The molecule has 0 saturated carbocycles. The highest BCUT2D eigenvalue weighted by Gasteiger charge is 2.30. The van der Waals surface area contributed by atoms with E-state index in [-0.39, 0.29) is 12.6 Å². The van der Waals surface area contributed by atoms with Gasteiger partial charge in [-0.25, -0.2) is 9.78 Å². The number of carbonyl (C=O) groups excluding carboxylic acids is 1. The van der Waals surface area contributed by atoms with Crippen molar-refractivity contribution >= 4 is 17.3 Å². The number of nitrogens with zero attached hydrogens (tertiary/aromatic N) is 1. The molecule has 0 N–H and O–H groups in total.